The first kappa shape index (κ1) is 21.1. The zero-order valence-electron chi connectivity index (χ0n) is 18.4. The number of carbonyl (C=O) groups excluding carboxylic acids is 2. The van der Waals surface area contributed by atoms with Crippen LogP contribution in [-0.2, 0) is 35.4 Å². The summed E-state index contributed by atoms with van der Waals surface area (Å²) in [6, 6.07) is 13.9. The summed E-state index contributed by atoms with van der Waals surface area (Å²) >= 11 is 0. The van der Waals surface area contributed by atoms with E-state index in [0.717, 1.165) is 66.6 Å². The van der Waals surface area contributed by atoms with Crippen LogP contribution in [0.3, 0.4) is 0 Å². The normalized spacial score (nSPS) is 13.7. The number of nitrogens with zero attached hydrogens (tertiary/aromatic N) is 3. The van der Waals surface area contributed by atoms with Gasteiger partial charge in [-0.15, -0.1) is 0 Å². The molecular formula is C25H30N4O2. The Morgan fingerprint density at radius 2 is 1.65 bits per heavy atom. The number of aryl methyl sites for hydroxylation is 2. The molecule has 0 atom stereocenters. The number of rotatable bonds is 7. The Morgan fingerprint density at radius 3 is 2.32 bits per heavy atom. The minimum absolute atomic E-state index is 0.0825. The SMILES string of the molecule is CCc1cccc(CC)c1NC(=O)Cn1c(CC(=O)N2CCCC2)nc2ccccc21. The monoisotopic (exact) mass is 418 g/mol. The van der Waals surface area contributed by atoms with Gasteiger partial charge in [-0.25, -0.2) is 4.98 Å². The molecule has 3 aromatic rings. The van der Waals surface area contributed by atoms with Crippen molar-refractivity contribution in [2.75, 3.05) is 18.4 Å². The van der Waals surface area contributed by atoms with E-state index in [-0.39, 0.29) is 24.8 Å². The molecule has 0 radical (unpaired) electrons. The molecule has 4 rings (SSSR count). The van der Waals surface area contributed by atoms with Crippen molar-refractivity contribution >= 4 is 28.5 Å². The fraction of sp³-hybridized carbons (Fsp3) is 0.400. The number of imidazole rings is 1. The van der Waals surface area contributed by atoms with E-state index in [1.54, 1.807) is 0 Å². The lowest BCUT2D eigenvalue weighted by atomic mass is 10.0. The molecule has 0 spiro atoms. The number of aromatic nitrogens is 2. The number of hydrogen-bond donors (Lipinski definition) is 1. The Kier molecular flexibility index (Phi) is 6.35. The summed E-state index contributed by atoms with van der Waals surface area (Å²) in [5, 5.41) is 3.14. The second-order valence-electron chi connectivity index (χ2n) is 8.07. The van der Waals surface area contributed by atoms with Crippen molar-refractivity contribution in [2.45, 2.75) is 52.5 Å². The van der Waals surface area contributed by atoms with Gasteiger partial charge in [-0.1, -0.05) is 44.2 Å². The Morgan fingerprint density at radius 1 is 0.968 bits per heavy atom. The van der Waals surface area contributed by atoms with Crippen LogP contribution in [0.15, 0.2) is 42.5 Å². The number of amides is 2. The van der Waals surface area contributed by atoms with Crippen molar-refractivity contribution in [3.63, 3.8) is 0 Å². The number of fused-ring (bicyclic) bond motifs is 1. The summed E-state index contributed by atoms with van der Waals surface area (Å²) < 4.78 is 1.89. The molecule has 0 saturated carbocycles. The second-order valence-corrected chi connectivity index (χ2v) is 8.07. The number of anilines is 1. The molecule has 0 aliphatic carbocycles. The van der Waals surface area contributed by atoms with Gasteiger partial charge in [0, 0.05) is 18.8 Å². The molecule has 1 aliphatic rings. The van der Waals surface area contributed by atoms with Gasteiger partial charge in [0.2, 0.25) is 11.8 Å². The number of carbonyl (C=O) groups is 2. The first-order valence-corrected chi connectivity index (χ1v) is 11.2. The zero-order valence-corrected chi connectivity index (χ0v) is 18.4. The zero-order chi connectivity index (χ0) is 21.8. The molecule has 1 saturated heterocycles. The smallest absolute Gasteiger partial charge is 0.244 e. The van der Waals surface area contributed by atoms with E-state index < -0.39 is 0 Å². The molecule has 0 bridgehead atoms. The topological polar surface area (TPSA) is 67.2 Å². The molecule has 1 fully saturated rings. The van der Waals surface area contributed by atoms with Gasteiger partial charge in [-0.2, -0.15) is 0 Å². The van der Waals surface area contributed by atoms with Crippen LogP contribution in [0.25, 0.3) is 11.0 Å². The van der Waals surface area contributed by atoms with E-state index in [1.165, 1.54) is 0 Å². The minimum atomic E-state index is -0.103. The quantitative estimate of drug-likeness (QED) is 0.631. The van der Waals surface area contributed by atoms with E-state index in [0.29, 0.717) is 5.82 Å². The van der Waals surface area contributed by atoms with Gasteiger partial charge in [0.05, 0.1) is 17.5 Å². The van der Waals surface area contributed by atoms with Crippen molar-refractivity contribution in [3.8, 4) is 0 Å². The number of nitrogens with one attached hydrogen (secondary N) is 1. The molecule has 0 unspecified atom stereocenters. The predicted molar refractivity (Wildman–Crippen MR) is 123 cm³/mol. The Balaban J connectivity index is 1.60. The van der Waals surface area contributed by atoms with E-state index in [1.807, 2.05) is 39.8 Å². The average Bonchev–Trinajstić information content (AvgIpc) is 3.43. The molecule has 2 heterocycles. The van der Waals surface area contributed by atoms with Gasteiger partial charge in [-0.05, 0) is 48.9 Å². The van der Waals surface area contributed by atoms with Crippen LogP contribution in [-0.4, -0.2) is 39.4 Å². The van der Waals surface area contributed by atoms with E-state index in [9.17, 15) is 9.59 Å². The maximum Gasteiger partial charge on any atom is 0.244 e. The molecule has 2 amide bonds. The lowest BCUT2D eigenvalue weighted by Gasteiger charge is -2.17. The van der Waals surface area contributed by atoms with Gasteiger partial charge in [0.25, 0.3) is 0 Å². The fourth-order valence-electron chi connectivity index (χ4n) is 4.38. The summed E-state index contributed by atoms with van der Waals surface area (Å²) in [6.07, 6.45) is 4.04. The first-order valence-electron chi connectivity index (χ1n) is 11.2. The van der Waals surface area contributed by atoms with Crippen molar-refractivity contribution in [1.82, 2.24) is 14.5 Å². The predicted octanol–water partition coefficient (Wildman–Crippen LogP) is 3.96. The van der Waals surface area contributed by atoms with Gasteiger partial charge in [-0.3, -0.25) is 9.59 Å². The third-order valence-corrected chi connectivity index (χ3v) is 6.07. The van der Waals surface area contributed by atoms with Gasteiger partial charge in [0.1, 0.15) is 12.4 Å². The number of likely N-dealkylation sites (tertiary alicyclic amines) is 1. The number of para-hydroxylation sites is 3. The third-order valence-electron chi connectivity index (χ3n) is 6.07. The summed E-state index contributed by atoms with van der Waals surface area (Å²) in [4.78, 5) is 32.4. The van der Waals surface area contributed by atoms with Gasteiger partial charge in [0.15, 0.2) is 0 Å². The second kappa shape index (κ2) is 9.33. The molecule has 2 aromatic carbocycles. The molecule has 6 heteroatoms. The van der Waals surface area contributed by atoms with Gasteiger partial charge >= 0.3 is 0 Å². The highest BCUT2D eigenvalue weighted by atomic mass is 16.2. The maximum absolute atomic E-state index is 13.1. The third kappa shape index (κ3) is 4.48. The Hall–Kier alpha value is -3.15. The standard InChI is InChI=1S/C25H30N4O2/c1-3-18-10-9-11-19(4-2)25(18)27-23(30)17-29-21-13-6-5-12-20(21)26-22(29)16-24(31)28-14-7-8-15-28/h5-6,9-13H,3-4,7-8,14-17H2,1-2H3,(H,27,30). The van der Waals surface area contributed by atoms with E-state index in [2.05, 4.69) is 36.3 Å². The van der Waals surface area contributed by atoms with Crippen LogP contribution in [0.4, 0.5) is 5.69 Å². The number of hydrogen-bond acceptors (Lipinski definition) is 3. The molecular weight excluding hydrogens is 388 g/mol. The van der Waals surface area contributed by atoms with Crippen LogP contribution in [0, 0.1) is 0 Å². The minimum Gasteiger partial charge on any atom is -0.342 e. The van der Waals surface area contributed by atoms with E-state index >= 15 is 0 Å². The highest BCUT2D eigenvalue weighted by Gasteiger charge is 2.22. The first-order chi connectivity index (χ1) is 15.1. The highest BCUT2D eigenvalue weighted by Crippen LogP contribution is 2.23. The molecule has 162 valence electrons. The Bertz CT molecular complexity index is 1070. The Labute approximate surface area is 183 Å². The maximum atomic E-state index is 13.1. The van der Waals surface area contributed by atoms with Crippen LogP contribution in [0.2, 0.25) is 0 Å². The lowest BCUT2D eigenvalue weighted by molar-refractivity contribution is -0.129. The summed E-state index contributed by atoms with van der Waals surface area (Å²) in [6.45, 7) is 5.94. The van der Waals surface area contributed by atoms with Crippen molar-refractivity contribution < 1.29 is 9.59 Å². The van der Waals surface area contributed by atoms with Crippen LogP contribution < -0.4 is 5.32 Å². The number of benzene rings is 2. The summed E-state index contributed by atoms with van der Waals surface area (Å²) in [5.41, 5.74) is 4.86. The van der Waals surface area contributed by atoms with Crippen LogP contribution >= 0.6 is 0 Å². The fourth-order valence-corrected chi connectivity index (χ4v) is 4.38. The molecule has 1 aromatic heterocycles. The lowest BCUT2D eigenvalue weighted by Crippen LogP contribution is -2.30. The van der Waals surface area contributed by atoms with Crippen molar-refractivity contribution in [1.29, 1.82) is 0 Å². The largest absolute Gasteiger partial charge is 0.342 e. The van der Waals surface area contributed by atoms with Crippen molar-refractivity contribution in [2.24, 2.45) is 0 Å². The van der Waals surface area contributed by atoms with Crippen LogP contribution in [0.5, 0.6) is 0 Å². The van der Waals surface area contributed by atoms with E-state index in [4.69, 9.17) is 0 Å². The summed E-state index contributed by atoms with van der Waals surface area (Å²) in [5.74, 6) is 0.625. The molecule has 1 N–H and O–H groups in total. The highest BCUT2D eigenvalue weighted by molar-refractivity contribution is 5.93. The molecule has 1 aliphatic heterocycles. The summed E-state index contributed by atoms with van der Waals surface area (Å²) in [7, 11) is 0. The molecule has 6 nitrogen and oxygen atoms in total. The average molecular weight is 419 g/mol. The van der Waals surface area contributed by atoms with Crippen LogP contribution in [0.1, 0.15) is 43.6 Å². The van der Waals surface area contributed by atoms with Crippen molar-refractivity contribution in [3.05, 3.63) is 59.4 Å². The molecule has 31 heavy (non-hydrogen) atoms. The van der Waals surface area contributed by atoms with Gasteiger partial charge < -0.3 is 14.8 Å².